The van der Waals surface area contributed by atoms with Crippen LogP contribution in [0.2, 0.25) is 0 Å². The number of ether oxygens (including phenoxy) is 3. The molecule has 0 rings (SSSR count). The minimum Gasteiger partial charge on any atom is -0.462 e. The second-order valence-electron chi connectivity index (χ2n) is 16.3. The lowest BCUT2D eigenvalue weighted by Gasteiger charge is -2.18. The number of hydrogen-bond donors (Lipinski definition) is 0. The summed E-state index contributed by atoms with van der Waals surface area (Å²) < 4.78 is 16.7. The van der Waals surface area contributed by atoms with Gasteiger partial charge in [-0.05, 0) is 116 Å². The predicted octanol–water partition coefficient (Wildman–Crippen LogP) is 16.9. The molecule has 0 radical (unpaired) electrons. The Balaban J connectivity index is 4.56. The van der Waals surface area contributed by atoms with Crippen molar-refractivity contribution in [3.05, 3.63) is 122 Å². The smallest absolute Gasteiger partial charge is 0.306 e. The summed E-state index contributed by atoms with van der Waals surface area (Å²) in [7, 11) is 0. The molecule has 0 aliphatic heterocycles. The summed E-state index contributed by atoms with van der Waals surface area (Å²) in [5.41, 5.74) is 0. The molecule has 0 aliphatic carbocycles. The standard InChI is InChI=1S/C58H92O6/c1-4-7-10-13-16-19-22-25-27-29-31-33-36-39-42-45-48-51-57(60)63-54-55(53-62-56(59)50-47-44-41-38-35-32-24-21-18-15-12-9-6-3)64-58(61)52-49-46-43-40-37-34-30-28-26-23-20-17-14-11-8-5-2/h7,9-10,12,16,18-21,23,25,27-28,30-33,35,41,44,55H,4-6,8,11,13-15,17,22,24,26,29,34,36-40,42-43,45-54H2,1-3H3/b10-7-,12-9-,19-16-,21-18-,23-20-,27-25-,30-28-,33-31-,35-32-,44-41-. The van der Waals surface area contributed by atoms with E-state index in [-0.39, 0.29) is 44.0 Å². The summed E-state index contributed by atoms with van der Waals surface area (Å²) >= 11 is 0. The zero-order chi connectivity index (χ0) is 46.5. The van der Waals surface area contributed by atoms with Crippen molar-refractivity contribution in [1.82, 2.24) is 0 Å². The highest BCUT2D eigenvalue weighted by Gasteiger charge is 2.19. The first-order valence-corrected chi connectivity index (χ1v) is 25.5. The number of esters is 3. The van der Waals surface area contributed by atoms with Gasteiger partial charge in [-0.2, -0.15) is 0 Å². The predicted molar refractivity (Wildman–Crippen MR) is 274 cm³/mol. The van der Waals surface area contributed by atoms with Gasteiger partial charge in [0.25, 0.3) is 0 Å². The highest BCUT2D eigenvalue weighted by molar-refractivity contribution is 5.71. The monoisotopic (exact) mass is 885 g/mol. The Hall–Kier alpha value is -4.19. The van der Waals surface area contributed by atoms with E-state index in [1.807, 2.05) is 12.2 Å². The highest BCUT2D eigenvalue weighted by Crippen LogP contribution is 2.12. The van der Waals surface area contributed by atoms with E-state index < -0.39 is 6.10 Å². The molecule has 0 aliphatic rings. The average Bonchev–Trinajstić information content (AvgIpc) is 3.29. The van der Waals surface area contributed by atoms with Gasteiger partial charge in [-0.15, -0.1) is 0 Å². The molecule has 0 aromatic heterocycles. The van der Waals surface area contributed by atoms with Crippen molar-refractivity contribution < 1.29 is 28.6 Å². The van der Waals surface area contributed by atoms with Crippen LogP contribution in [0.5, 0.6) is 0 Å². The van der Waals surface area contributed by atoms with E-state index in [0.29, 0.717) is 12.8 Å². The van der Waals surface area contributed by atoms with Crippen LogP contribution in [-0.4, -0.2) is 37.2 Å². The topological polar surface area (TPSA) is 78.9 Å². The van der Waals surface area contributed by atoms with Gasteiger partial charge in [-0.25, -0.2) is 0 Å². The van der Waals surface area contributed by atoms with E-state index >= 15 is 0 Å². The first-order valence-electron chi connectivity index (χ1n) is 25.5. The number of unbranched alkanes of at least 4 members (excludes halogenated alkanes) is 13. The molecule has 6 heteroatoms. The van der Waals surface area contributed by atoms with E-state index in [1.165, 1.54) is 32.1 Å². The highest BCUT2D eigenvalue weighted by atomic mass is 16.6. The Morgan fingerprint density at radius 1 is 0.328 bits per heavy atom. The molecule has 0 N–H and O–H groups in total. The van der Waals surface area contributed by atoms with E-state index in [9.17, 15) is 14.4 Å². The third-order valence-electron chi connectivity index (χ3n) is 10.2. The molecule has 0 spiro atoms. The van der Waals surface area contributed by atoms with Crippen molar-refractivity contribution in [3.8, 4) is 0 Å². The molecule has 0 amide bonds. The van der Waals surface area contributed by atoms with Crippen molar-refractivity contribution in [1.29, 1.82) is 0 Å². The second-order valence-corrected chi connectivity index (χ2v) is 16.3. The average molecular weight is 885 g/mol. The summed E-state index contributed by atoms with van der Waals surface area (Å²) in [6.07, 6.45) is 70.5. The van der Waals surface area contributed by atoms with E-state index in [0.717, 1.165) is 128 Å². The molecule has 0 saturated carbocycles. The number of carbonyl (C=O) groups is 3. The van der Waals surface area contributed by atoms with Crippen LogP contribution in [0.25, 0.3) is 0 Å². The number of carbonyl (C=O) groups excluding carboxylic acids is 3. The van der Waals surface area contributed by atoms with Crippen LogP contribution in [0.1, 0.15) is 207 Å². The maximum absolute atomic E-state index is 12.8. The SMILES string of the molecule is CC/C=C\C/C=C\C/C=C\C/C=C\CCCCCCC(=O)OCC(COC(=O)CC/C=C\C/C=C\C/C=C\C/C=C\CC)OC(=O)CCCCCCC/C=C\C/C=C\CCCCCC. The van der Waals surface area contributed by atoms with Gasteiger partial charge in [-0.1, -0.05) is 194 Å². The normalized spacial score (nSPS) is 13.1. The molecule has 360 valence electrons. The lowest BCUT2D eigenvalue weighted by molar-refractivity contribution is -0.166. The van der Waals surface area contributed by atoms with Crippen LogP contribution in [0.4, 0.5) is 0 Å². The van der Waals surface area contributed by atoms with Crippen molar-refractivity contribution in [2.45, 2.75) is 213 Å². The Bertz CT molecular complexity index is 1390. The van der Waals surface area contributed by atoms with Gasteiger partial charge in [0.2, 0.25) is 0 Å². The second kappa shape index (κ2) is 51.4. The van der Waals surface area contributed by atoms with Crippen LogP contribution >= 0.6 is 0 Å². The Kier molecular flexibility index (Phi) is 48.1. The molecule has 6 nitrogen and oxygen atoms in total. The summed E-state index contributed by atoms with van der Waals surface area (Å²) in [6, 6.07) is 0. The Labute approximate surface area is 392 Å². The van der Waals surface area contributed by atoms with Gasteiger partial charge in [-0.3, -0.25) is 14.4 Å². The van der Waals surface area contributed by atoms with Gasteiger partial charge in [0.1, 0.15) is 13.2 Å². The van der Waals surface area contributed by atoms with E-state index in [4.69, 9.17) is 14.2 Å². The summed E-state index contributed by atoms with van der Waals surface area (Å²) in [4.78, 5) is 37.9. The summed E-state index contributed by atoms with van der Waals surface area (Å²) in [5, 5.41) is 0. The largest absolute Gasteiger partial charge is 0.462 e. The summed E-state index contributed by atoms with van der Waals surface area (Å²) in [6.45, 7) is 6.27. The third-order valence-corrected chi connectivity index (χ3v) is 10.2. The molecule has 0 fully saturated rings. The fourth-order valence-electron chi connectivity index (χ4n) is 6.42. The first kappa shape index (κ1) is 59.8. The van der Waals surface area contributed by atoms with Gasteiger partial charge in [0, 0.05) is 19.3 Å². The van der Waals surface area contributed by atoms with E-state index in [1.54, 1.807) is 0 Å². The van der Waals surface area contributed by atoms with Crippen LogP contribution in [0.15, 0.2) is 122 Å². The molecule has 0 bridgehead atoms. The van der Waals surface area contributed by atoms with Crippen LogP contribution in [-0.2, 0) is 28.6 Å². The minimum absolute atomic E-state index is 0.122. The fraction of sp³-hybridized carbons (Fsp3) is 0.603. The zero-order valence-corrected chi connectivity index (χ0v) is 41.0. The molecule has 1 atom stereocenters. The molecule has 1 unspecified atom stereocenters. The van der Waals surface area contributed by atoms with Gasteiger partial charge >= 0.3 is 17.9 Å². The molecule has 64 heavy (non-hydrogen) atoms. The Morgan fingerprint density at radius 3 is 1.05 bits per heavy atom. The lowest BCUT2D eigenvalue weighted by atomic mass is 10.1. The maximum Gasteiger partial charge on any atom is 0.306 e. The van der Waals surface area contributed by atoms with Crippen molar-refractivity contribution >= 4 is 17.9 Å². The molecular weight excluding hydrogens is 793 g/mol. The number of rotatable bonds is 44. The quantitative estimate of drug-likeness (QED) is 0.0262. The van der Waals surface area contributed by atoms with Crippen LogP contribution in [0, 0.1) is 0 Å². The third kappa shape index (κ3) is 48.8. The van der Waals surface area contributed by atoms with Crippen molar-refractivity contribution in [3.63, 3.8) is 0 Å². The van der Waals surface area contributed by atoms with E-state index in [2.05, 4.69) is 130 Å². The zero-order valence-electron chi connectivity index (χ0n) is 41.0. The Morgan fingerprint density at radius 2 is 0.641 bits per heavy atom. The molecule has 0 aromatic rings. The van der Waals surface area contributed by atoms with Crippen LogP contribution < -0.4 is 0 Å². The maximum atomic E-state index is 12.8. The molecule has 0 aromatic carbocycles. The van der Waals surface area contributed by atoms with Crippen LogP contribution in [0.3, 0.4) is 0 Å². The first-order chi connectivity index (χ1) is 31.5. The van der Waals surface area contributed by atoms with Gasteiger partial charge < -0.3 is 14.2 Å². The molecular formula is C58H92O6. The van der Waals surface area contributed by atoms with Gasteiger partial charge in [0.05, 0.1) is 0 Å². The minimum atomic E-state index is -0.827. The lowest BCUT2D eigenvalue weighted by Crippen LogP contribution is -2.30. The van der Waals surface area contributed by atoms with Gasteiger partial charge in [0.15, 0.2) is 6.10 Å². The molecule has 0 saturated heterocycles. The summed E-state index contributed by atoms with van der Waals surface area (Å²) in [5.74, 6) is -1.05. The molecule has 0 heterocycles. The fourth-order valence-corrected chi connectivity index (χ4v) is 6.42. The number of allylic oxidation sites excluding steroid dienone is 20. The van der Waals surface area contributed by atoms with Crippen molar-refractivity contribution in [2.75, 3.05) is 13.2 Å². The van der Waals surface area contributed by atoms with Crippen molar-refractivity contribution in [2.24, 2.45) is 0 Å². The number of hydrogen-bond acceptors (Lipinski definition) is 6.